The van der Waals surface area contributed by atoms with Crippen molar-refractivity contribution in [2.75, 3.05) is 7.11 Å². The van der Waals surface area contributed by atoms with E-state index in [4.69, 9.17) is 15.3 Å². The normalized spacial score (nSPS) is 9.87. The lowest BCUT2D eigenvalue weighted by atomic mass is 10.1. The maximum Gasteiger partial charge on any atom is 0.144 e. The molecule has 1 aromatic heterocycles. The molecule has 0 aliphatic heterocycles. The molecule has 0 aliphatic rings. The minimum atomic E-state index is 0.504. The lowest BCUT2D eigenvalue weighted by molar-refractivity contribution is 0.411. The van der Waals surface area contributed by atoms with Crippen molar-refractivity contribution in [3.8, 4) is 34.8 Å². The van der Waals surface area contributed by atoms with E-state index in [0.717, 1.165) is 5.56 Å². The zero-order valence-electron chi connectivity index (χ0n) is 12.3. The largest absolute Gasteiger partial charge is 0.494 e. The van der Waals surface area contributed by atoms with Gasteiger partial charge in [-0.25, -0.2) is 4.68 Å². The number of rotatable bonds is 3. The van der Waals surface area contributed by atoms with E-state index in [2.05, 4.69) is 22.5 Å². The van der Waals surface area contributed by atoms with Crippen LogP contribution in [0.3, 0.4) is 0 Å². The molecule has 0 aliphatic carbocycles. The first kappa shape index (κ1) is 14.3. The first-order valence-corrected chi connectivity index (χ1v) is 6.76. The van der Waals surface area contributed by atoms with Crippen LogP contribution >= 0.6 is 0 Å². The smallest absolute Gasteiger partial charge is 0.144 e. The molecule has 0 unspecified atom stereocenters. The predicted molar refractivity (Wildman–Crippen MR) is 82.8 cm³/mol. The zero-order valence-corrected chi connectivity index (χ0v) is 12.3. The van der Waals surface area contributed by atoms with Crippen molar-refractivity contribution < 1.29 is 4.74 Å². The van der Waals surface area contributed by atoms with Crippen molar-refractivity contribution in [3.63, 3.8) is 0 Å². The van der Waals surface area contributed by atoms with Crippen LogP contribution in [0.2, 0.25) is 0 Å². The van der Waals surface area contributed by atoms with Crippen molar-refractivity contribution in [3.05, 3.63) is 59.8 Å². The highest BCUT2D eigenvalue weighted by atomic mass is 16.5. The number of benzene rings is 2. The molecule has 3 aromatic rings. The van der Waals surface area contributed by atoms with Gasteiger partial charge in [-0.2, -0.15) is 10.5 Å². The summed E-state index contributed by atoms with van der Waals surface area (Å²) in [6.45, 7) is 0. The van der Waals surface area contributed by atoms with Gasteiger partial charge in [-0.15, -0.1) is 5.10 Å². The SMILES string of the molecule is COc1ccc(C#N)cc1-n1cc(-c2cccc(C#N)c2)nn1. The third-order valence-corrected chi connectivity index (χ3v) is 3.34. The predicted octanol–water partition coefficient (Wildman–Crippen LogP) is 2.69. The highest BCUT2D eigenvalue weighted by molar-refractivity contribution is 5.61. The molecule has 0 saturated carbocycles. The Morgan fingerprint density at radius 2 is 1.83 bits per heavy atom. The molecular weight excluding hydrogens is 290 g/mol. The molecule has 23 heavy (non-hydrogen) atoms. The molecule has 3 rings (SSSR count). The molecular formula is C17H11N5O. The fourth-order valence-corrected chi connectivity index (χ4v) is 2.20. The Labute approximate surface area is 132 Å². The van der Waals surface area contributed by atoms with Crippen molar-refractivity contribution in [2.24, 2.45) is 0 Å². The first-order valence-electron chi connectivity index (χ1n) is 6.76. The molecule has 0 saturated heterocycles. The lowest BCUT2D eigenvalue weighted by Gasteiger charge is -2.07. The van der Waals surface area contributed by atoms with Crippen LogP contribution in [-0.2, 0) is 0 Å². The van der Waals surface area contributed by atoms with Crippen LogP contribution in [0.25, 0.3) is 16.9 Å². The molecule has 2 aromatic carbocycles. The number of aromatic nitrogens is 3. The second-order valence-corrected chi connectivity index (χ2v) is 4.74. The number of ether oxygens (including phenoxy) is 1. The van der Waals surface area contributed by atoms with Crippen LogP contribution in [0.5, 0.6) is 5.75 Å². The third kappa shape index (κ3) is 2.74. The van der Waals surface area contributed by atoms with E-state index in [-0.39, 0.29) is 0 Å². The monoisotopic (exact) mass is 301 g/mol. The van der Waals surface area contributed by atoms with E-state index in [1.54, 1.807) is 54.4 Å². The Morgan fingerprint density at radius 3 is 2.57 bits per heavy atom. The number of methoxy groups -OCH3 is 1. The highest BCUT2D eigenvalue weighted by Crippen LogP contribution is 2.25. The van der Waals surface area contributed by atoms with Crippen molar-refractivity contribution >= 4 is 0 Å². The number of nitriles is 2. The molecule has 0 spiro atoms. The van der Waals surface area contributed by atoms with Gasteiger partial charge < -0.3 is 4.74 Å². The van der Waals surface area contributed by atoms with Gasteiger partial charge in [0.2, 0.25) is 0 Å². The Bertz CT molecular complexity index is 946. The lowest BCUT2D eigenvalue weighted by Crippen LogP contribution is -1.99. The van der Waals surface area contributed by atoms with Crippen LogP contribution in [0, 0.1) is 22.7 Å². The van der Waals surface area contributed by atoms with Gasteiger partial charge in [0.15, 0.2) is 0 Å². The van der Waals surface area contributed by atoms with Gasteiger partial charge in [0, 0.05) is 5.56 Å². The number of hydrogen-bond acceptors (Lipinski definition) is 5. The Kier molecular flexibility index (Phi) is 3.73. The van der Waals surface area contributed by atoms with E-state index < -0.39 is 0 Å². The van der Waals surface area contributed by atoms with Gasteiger partial charge in [-0.3, -0.25) is 0 Å². The maximum absolute atomic E-state index is 9.05. The summed E-state index contributed by atoms with van der Waals surface area (Å²) in [5.41, 5.74) is 3.12. The van der Waals surface area contributed by atoms with Gasteiger partial charge >= 0.3 is 0 Å². The molecule has 0 amide bonds. The standard InChI is InChI=1S/C17H11N5O/c1-23-17-6-5-13(10-19)8-16(17)22-11-15(20-21-22)14-4-2-3-12(7-14)9-18/h2-8,11H,1H3. The van der Waals surface area contributed by atoms with E-state index >= 15 is 0 Å². The number of hydrogen-bond donors (Lipinski definition) is 0. The minimum Gasteiger partial charge on any atom is -0.494 e. The van der Waals surface area contributed by atoms with Gasteiger partial charge in [0.05, 0.1) is 36.6 Å². The van der Waals surface area contributed by atoms with E-state index in [1.807, 2.05) is 6.07 Å². The third-order valence-electron chi connectivity index (χ3n) is 3.34. The quantitative estimate of drug-likeness (QED) is 0.742. The van der Waals surface area contributed by atoms with Gasteiger partial charge in [-0.1, -0.05) is 17.3 Å². The summed E-state index contributed by atoms with van der Waals surface area (Å²) < 4.78 is 6.86. The summed E-state index contributed by atoms with van der Waals surface area (Å²) in [6.07, 6.45) is 1.73. The van der Waals surface area contributed by atoms with Crippen LogP contribution in [0.1, 0.15) is 11.1 Å². The molecule has 6 heteroatoms. The summed E-state index contributed by atoms with van der Waals surface area (Å²) in [5.74, 6) is 0.589. The van der Waals surface area contributed by atoms with Crippen LogP contribution < -0.4 is 4.74 Å². The molecule has 0 bridgehead atoms. The summed E-state index contributed by atoms with van der Waals surface area (Å²) in [5, 5.41) is 26.3. The van der Waals surface area contributed by atoms with Gasteiger partial charge in [0.1, 0.15) is 17.1 Å². The average molecular weight is 301 g/mol. The van der Waals surface area contributed by atoms with Crippen molar-refractivity contribution in [2.45, 2.75) is 0 Å². The second-order valence-electron chi connectivity index (χ2n) is 4.74. The highest BCUT2D eigenvalue weighted by Gasteiger charge is 2.11. The molecule has 1 heterocycles. The molecule has 0 fully saturated rings. The number of nitrogens with zero attached hydrogens (tertiary/aromatic N) is 5. The average Bonchev–Trinajstić information content (AvgIpc) is 3.11. The fourth-order valence-electron chi connectivity index (χ4n) is 2.20. The summed E-state index contributed by atoms with van der Waals surface area (Å²) >= 11 is 0. The molecule has 6 nitrogen and oxygen atoms in total. The Hall–Kier alpha value is -3.64. The van der Waals surface area contributed by atoms with Crippen LogP contribution in [0.4, 0.5) is 0 Å². The maximum atomic E-state index is 9.05. The topological polar surface area (TPSA) is 87.5 Å². The van der Waals surface area contributed by atoms with E-state index in [0.29, 0.717) is 28.3 Å². The Morgan fingerprint density at radius 1 is 1.04 bits per heavy atom. The summed E-state index contributed by atoms with van der Waals surface area (Å²) in [6, 6.07) is 16.4. The fraction of sp³-hybridized carbons (Fsp3) is 0.0588. The van der Waals surface area contributed by atoms with Crippen molar-refractivity contribution in [1.29, 1.82) is 10.5 Å². The molecule has 0 atom stereocenters. The Balaban J connectivity index is 2.06. The minimum absolute atomic E-state index is 0.504. The van der Waals surface area contributed by atoms with Crippen molar-refractivity contribution in [1.82, 2.24) is 15.0 Å². The van der Waals surface area contributed by atoms with Crippen LogP contribution in [0.15, 0.2) is 48.7 Å². The summed E-state index contributed by atoms with van der Waals surface area (Å²) in [7, 11) is 1.55. The van der Waals surface area contributed by atoms with E-state index in [9.17, 15) is 0 Å². The second kappa shape index (κ2) is 6.00. The van der Waals surface area contributed by atoms with E-state index in [1.165, 1.54) is 0 Å². The molecule has 110 valence electrons. The van der Waals surface area contributed by atoms with Gasteiger partial charge in [-0.05, 0) is 30.3 Å². The van der Waals surface area contributed by atoms with Crippen LogP contribution in [-0.4, -0.2) is 22.1 Å². The molecule has 0 N–H and O–H groups in total. The first-order chi connectivity index (χ1) is 11.2. The summed E-state index contributed by atoms with van der Waals surface area (Å²) in [4.78, 5) is 0. The molecule has 0 radical (unpaired) electrons. The zero-order chi connectivity index (χ0) is 16.2. The van der Waals surface area contributed by atoms with Gasteiger partial charge in [0.25, 0.3) is 0 Å².